The molecule has 0 saturated carbocycles. The Kier molecular flexibility index (Phi) is 5.53. The van der Waals surface area contributed by atoms with Gasteiger partial charge in [-0.05, 0) is 25.1 Å². The number of benzene rings is 2. The minimum atomic E-state index is 0.170. The molecule has 0 bridgehead atoms. The summed E-state index contributed by atoms with van der Waals surface area (Å²) in [6, 6.07) is 17.7. The van der Waals surface area contributed by atoms with E-state index in [2.05, 4.69) is 46.5 Å². The molecule has 0 aliphatic carbocycles. The van der Waals surface area contributed by atoms with Gasteiger partial charge in [0.05, 0.1) is 20.3 Å². The number of aryl methyl sites for hydroxylation is 1. The molecule has 3 aromatic rings. The lowest BCUT2D eigenvalue weighted by molar-refractivity contribution is 0.347. The molecule has 1 aromatic heterocycles. The Hall–Kier alpha value is -3.28. The fraction of sp³-hybridized carbons (Fsp3) is 0.200. The molecule has 1 heterocycles. The summed E-state index contributed by atoms with van der Waals surface area (Å²) in [6.07, 6.45) is 0. The molecule has 0 saturated heterocycles. The highest BCUT2D eigenvalue weighted by atomic mass is 16.5. The molecule has 0 aliphatic rings. The Morgan fingerprint density at radius 3 is 2.19 bits per heavy atom. The second kappa shape index (κ2) is 8.20. The van der Waals surface area contributed by atoms with Crippen molar-refractivity contribution in [3.8, 4) is 23.5 Å². The quantitative estimate of drug-likeness (QED) is 0.688. The maximum Gasteiger partial charge on any atom is 0.328 e. The smallest absolute Gasteiger partial charge is 0.328 e. The normalized spacial score (nSPS) is 10.3. The van der Waals surface area contributed by atoms with E-state index in [9.17, 15) is 0 Å². The van der Waals surface area contributed by atoms with Crippen LogP contribution in [0.3, 0.4) is 0 Å². The number of rotatable bonds is 7. The van der Waals surface area contributed by atoms with Crippen LogP contribution in [-0.2, 0) is 6.54 Å². The summed E-state index contributed by atoms with van der Waals surface area (Å²) in [5.74, 6) is 1.42. The van der Waals surface area contributed by atoms with Crippen LogP contribution in [0.15, 0.2) is 54.6 Å². The van der Waals surface area contributed by atoms with Gasteiger partial charge >= 0.3 is 6.01 Å². The Morgan fingerprint density at radius 2 is 1.54 bits per heavy atom. The molecule has 0 spiro atoms. The van der Waals surface area contributed by atoms with Crippen molar-refractivity contribution in [3.63, 3.8) is 0 Å². The largest absolute Gasteiger partial charge is 0.481 e. The number of hydrogen-bond donors (Lipinski definition) is 1. The predicted molar refractivity (Wildman–Crippen MR) is 100 cm³/mol. The number of hydrogen-bond acceptors (Lipinski definition) is 6. The molecule has 3 rings (SSSR count). The van der Waals surface area contributed by atoms with Gasteiger partial charge in [-0.15, -0.1) is 0 Å². The Balaban J connectivity index is 1.77. The van der Waals surface area contributed by atoms with E-state index in [1.807, 2.05) is 24.3 Å². The van der Waals surface area contributed by atoms with Crippen LogP contribution in [0.25, 0.3) is 0 Å². The van der Waals surface area contributed by atoms with E-state index in [1.165, 1.54) is 19.8 Å². The summed E-state index contributed by atoms with van der Waals surface area (Å²) in [5.41, 5.74) is 3.26. The number of para-hydroxylation sites is 1. The van der Waals surface area contributed by atoms with E-state index in [4.69, 9.17) is 14.2 Å². The van der Waals surface area contributed by atoms with Crippen molar-refractivity contribution in [2.24, 2.45) is 0 Å². The molecule has 134 valence electrons. The number of nitrogens with one attached hydrogen (secondary N) is 1. The van der Waals surface area contributed by atoms with Gasteiger partial charge < -0.3 is 19.5 Å². The van der Waals surface area contributed by atoms with E-state index in [-0.39, 0.29) is 6.01 Å². The number of methoxy groups -OCH3 is 2. The van der Waals surface area contributed by atoms with Gasteiger partial charge in [0, 0.05) is 17.8 Å². The van der Waals surface area contributed by atoms with Crippen LogP contribution >= 0.6 is 0 Å². The van der Waals surface area contributed by atoms with Gasteiger partial charge in [-0.3, -0.25) is 0 Å². The fourth-order valence-electron chi connectivity index (χ4n) is 2.35. The zero-order chi connectivity index (χ0) is 18.4. The van der Waals surface area contributed by atoms with E-state index in [0.717, 1.165) is 11.3 Å². The van der Waals surface area contributed by atoms with Gasteiger partial charge in [-0.25, -0.2) is 0 Å². The molecule has 6 heteroatoms. The van der Waals surface area contributed by atoms with E-state index < -0.39 is 0 Å². The topological polar surface area (TPSA) is 65.5 Å². The lowest BCUT2D eigenvalue weighted by Crippen LogP contribution is -2.03. The first-order valence-corrected chi connectivity index (χ1v) is 8.21. The Labute approximate surface area is 152 Å². The number of nitrogens with zero attached hydrogens (tertiary/aromatic N) is 2. The lowest BCUT2D eigenvalue weighted by atomic mass is 10.2. The highest BCUT2D eigenvalue weighted by Crippen LogP contribution is 2.27. The second-order valence-electron chi connectivity index (χ2n) is 5.66. The third-order valence-electron chi connectivity index (χ3n) is 3.79. The standard InChI is InChI=1S/C20H21N3O3/c1-14-8-10-16(11-9-14)21-13-15-6-4-5-7-17(15)26-20-22-18(24-2)12-19(23-20)25-3/h4-12,21H,13H2,1-3H3. The third-order valence-corrected chi connectivity index (χ3v) is 3.79. The summed E-state index contributed by atoms with van der Waals surface area (Å²) >= 11 is 0. The SMILES string of the molecule is COc1cc(OC)nc(Oc2ccccc2CNc2ccc(C)cc2)n1. The molecular formula is C20H21N3O3. The zero-order valence-corrected chi connectivity index (χ0v) is 15.0. The number of aromatic nitrogens is 2. The second-order valence-corrected chi connectivity index (χ2v) is 5.66. The number of ether oxygens (including phenoxy) is 3. The van der Waals surface area contributed by atoms with Crippen LogP contribution in [0.5, 0.6) is 23.5 Å². The van der Waals surface area contributed by atoms with Gasteiger partial charge in [-0.1, -0.05) is 35.9 Å². The highest BCUT2D eigenvalue weighted by Gasteiger charge is 2.10. The first kappa shape index (κ1) is 17.5. The van der Waals surface area contributed by atoms with Crippen molar-refractivity contribution in [3.05, 3.63) is 65.7 Å². The third kappa shape index (κ3) is 4.42. The van der Waals surface area contributed by atoms with Gasteiger partial charge in [0.2, 0.25) is 11.8 Å². The predicted octanol–water partition coefficient (Wildman–Crippen LogP) is 4.21. The summed E-state index contributed by atoms with van der Waals surface area (Å²) in [4.78, 5) is 8.42. The van der Waals surface area contributed by atoms with Gasteiger partial charge in [0.15, 0.2) is 0 Å². The molecule has 1 N–H and O–H groups in total. The van der Waals surface area contributed by atoms with Crippen molar-refractivity contribution in [2.75, 3.05) is 19.5 Å². The summed E-state index contributed by atoms with van der Waals surface area (Å²) < 4.78 is 16.2. The van der Waals surface area contributed by atoms with Crippen molar-refractivity contribution >= 4 is 5.69 Å². The van der Waals surface area contributed by atoms with Gasteiger partial charge in [0.1, 0.15) is 5.75 Å². The van der Waals surface area contributed by atoms with Gasteiger partial charge in [-0.2, -0.15) is 9.97 Å². The molecule has 6 nitrogen and oxygen atoms in total. The highest BCUT2D eigenvalue weighted by molar-refractivity contribution is 5.46. The van der Waals surface area contributed by atoms with Crippen LogP contribution in [0, 0.1) is 6.92 Å². The minimum Gasteiger partial charge on any atom is -0.481 e. The number of anilines is 1. The van der Waals surface area contributed by atoms with E-state index in [1.54, 1.807) is 6.07 Å². The Morgan fingerprint density at radius 1 is 0.885 bits per heavy atom. The molecule has 0 fully saturated rings. The molecule has 0 unspecified atom stereocenters. The first-order chi connectivity index (χ1) is 12.7. The molecule has 0 aliphatic heterocycles. The van der Waals surface area contributed by atoms with Crippen LogP contribution in [0.1, 0.15) is 11.1 Å². The van der Waals surface area contributed by atoms with Crippen molar-refractivity contribution in [1.82, 2.24) is 9.97 Å². The maximum atomic E-state index is 5.88. The van der Waals surface area contributed by atoms with Crippen molar-refractivity contribution in [1.29, 1.82) is 0 Å². The summed E-state index contributed by atoms with van der Waals surface area (Å²) in [5, 5.41) is 3.39. The molecule has 0 radical (unpaired) electrons. The molecule has 0 atom stereocenters. The molecular weight excluding hydrogens is 330 g/mol. The van der Waals surface area contributed by atoms with E-state index in [0.29, 0.717) is 24.1 Å². The lowest BCUT2D eigenvalue weighted by Gasteiger charge is -2.12. The summed E-state index contributed by atoms with van der Waals surface area (Å²) in [6.45, 7) is 2.68. The van der Waals surface area contributed by atoms with Crippen LogP contribution in [0.4, 0.5) is 5.69 Å². The molecule has 26 heavy (non-hydrogen) atoms. The molecule has 0 amide bonds. The van der Waals surface area contributed by atoms with E-state index >= 15 is 0 Å². The Bertz CT molecular complexity index is 844. The van der Waals surface area contributed by atoms with Crippen LogP contribution in [0.2, 0.25) is 0 Å². The zero-order valence-electron chi connectivity index (χ0n) is 15.0. The summed E-state index contributed by atoms with van der Waals surface area (Å²) in [7, 11) is 3.07. The maximum absolute atomic E-state index is 5.88. The fourth-order valence-corrected chi connectivity index (χ4v) is 2.35. The average Bonchev–Trinajstić information content (AvgIpc) is 2.68. The van der Waals surface area contributed by atoms with Crippen LogP contribution in [-0.4, -0.2) is 24.2 Å². The molecule has 2 aromatic carbocycles. The van der Waals surface area contributed by atoms with Crippen molar-refractivity contribution in [2.45, 2.75) is 13.5 Å². The van der Waals surface area contributed by atoms with Crippen molar-refractivity contribution < 1.29 is 14.2 Å². The minimum absolute atomic E-state index is 0.170. The first-order valence-electron chi connectivity index (χ1n) is 8.21. The monoisotopic (exact) mass is 351 g/mol. The van der Waals surface area contributed by atoms with Crippen LogP contribution < -0.4 is 19.5 Å². The average molecular weight is 351 g/mol. The van der Waals surface area contributed by atoms with Gasteiger partial charge in [0.25, 0.3) is 0 Å².